The van der Waals surface area contributed by atoms with Crippen molar-refractivity contribution in [2.24, 2.45) is 0 Å². The van der Waals surface area contributed by atoms with E-state index in [2.05, 4.69) is 21.4 Å². The van der Waals surface area contributed by atoms with E-state index < -0.39 is 0 Å². The second-order valence-electron chi connectivity index (χ2n) is 7.28. The highest BCUT2D eigenvalue weighted by Crippen LogP contribution is 2.26. The lowest BCUT2D eigenvalue weighted by atomic mass is 10.1. The van der Waals surface area contributed by atoms with Crippen molar-refractivity contribution in [1.29, 1.82) is 0 Å². The SMILES string of the molecule is Cc1ccc(Oc2ccc(N(Cc3cccnc3)C(=O)NC(C)C)cn2)c(C)c1. The average Bonchev–Trinajstić information content (AvgIpc) is 2.69. The lowest BCUT2D eigenvalue weighted by molar-refractivity contribution is 0.243. The van der Waals surface area contributed by atoms with Gasteiger partial charge in [0.1, 0.15) is 5.75 Å². The Balaban J connectivity index is 1.81. The Hall–Kier alpha value is -3.41. The minimum Gasteiger partial charge on any atom is -0.439 e. The number of ether oxygens (including phenoxy) is 1. The van der Waals surface area contributed by atoms with E-state index in [1.165, 1.54) is 5.56 Å². The molecule has 6 nitrogen and oxygen atoms in total. The number of amides is 2. The van der Waals surface area contributed by atoms with E-state index in [0.29, 0.717) is 18.1 Å². The lowest BCUT2D eigenvalue weighted by Crippen LogP contribution is -2.42. The summed E-state index contributed by atoms with van der Waals surface area (Å²) in [5.41, 5.74) is 3.84. The number of benzene rings is 1. The minimum atomic E-state index is -0.186. The molecule has 0 aliphatic carbocycles. The van der Waals surface area contributed by atoms with Gasteiger partial charge in [0.2, 0.25) is 5.88 Å². The maximum atomic E-state index is 12.7. The molecule has 0 saturated carbocycles. The first-order valence-corrected chi connectivity index (χ1v) is 9.60. The van der Waals surface area contributed by atoms with E-state index >= 15 is 0 Å². The van der Waals surface area contributed by atoms with Crippen molar-refractivity contribution in [2.75, 3.05) is 4.90 Å². The van der Waals surface area contributed by atoms with Gasteiger partial charge in [0.05, 0.1) is 18.4 Å². The molecule has 0 bridgehead atoms. The van der Waals surface area contributed by atoms with Gasteiger partial charge in [-0.05, 0) is 57.0 Å². The van der Waals surface area contributed by atoms with Gasteiger partial charge in [0.15, 0.2) is 0 Å². The number of aryl methyl sites for hydroxylation is 2. The van der Waals surface area contributed by atoms with Crippen LogP contribution in [0.2, 0.25) is 0 Å². The Morgan fingerprint density at radius 1 is 1.14 bits per heavy atom. The molecule has 150 valence electrons. The van der Waals surface area contributed by atoms with Crippen molar-refractivity contribution >= 4 is 11.7 Å². The zero-order valence-electron chi connectivity index (χ0n) is 17.2. The molecule has 0 saturated heterocycles. The van der Waals surface area contributed by atoms with Crippen LogP contribution in [0.4, 0.5) is 10.5 Å². The highest BCUT2D eigenvalue weighted by Gasteiger charge is 2.18. The van der Waals surface area contributed by atoms with Crippen LogP contribution in [0.15, 0.2) is 61.1 Å². The van der Waals surface area contributed by atoms with E-state index in [9.17, 15) is 4.79 Å². The fourth-order valence-corrected chi connectivity index (χ4v) is 2.90. The van der Waals surface area contributed by atoms with E-state index in [4.69, 9.17) is 4.74 Å². The number of rotatable bonds is 6. The van der Waals surface area contributed by atoms with Crippen LogP contribution in [0.5, 0.6) is 11.6 Å². The maximum absolute atomic E-state index is 12.7. The van der Waals surface area contributed by atoms with Gasteiger partial charge in [0, 0.05) is 24.5 Å². The van der Waals surface area contributed by atoms with Crippen molar-refractivity contribution in [3.63, 3.8) is 0 Å². The summed E-state index contributed by atoms with van der Waals surface area (Å²) in [4.78, 5) is 22.9. The number of hydrogen-bond donors (Lipinski definition) is 1. The molecule has 0 spiro atoms. The van der Waals surface area contributed by atoms with Crippen molar-refractivity contribution in [2.45, 2.75) is 40.3 Å². The highest BCUT2D eigenvalue weighted by molar-refractivity contribution is 5.91. The third-order valence-electron chi connectivity index (χ3n) is 4.30. The molecule has 0 unspecified atom stereocenters. The molecule has 3 rings (SSSR count). The van der Waals surface area contributed by atoms with E-state index in [1.54, 1.807) is 29.6 Å². The minimum absolute atomic E-state index is 0.0268. The van der Waals surface area contributed by atoms with Gasteiger partial charge in [0.25, 0.3) is 0 Å². The zero-order chi connectivity index (χ0) is 20.8. The number of anilines is 1. The molecule has 2 aromatic heterocycles. The Labute approximate surface area is 171 Å². The molecule has 0 atom stereocenters. The van der Waals surface area contributed by atoms with E-state index in [0.717, 1.165) is 16.9 Å². The zero-order valence-corrected chi connectivity index (χ0v) is 17.2. The fraction of sp³-hybridized carbons (Fsp3) is 0.261. The number of carbonyl (C=O) groups is 1. The Kier molecular flexibility index (Phi) is 6.44. The standard InChI is InChI=1S/C23H26N4O2/c1-16(2)26-23(28)27(15-19-6-5-11-24-13-19)20-8-10-22(25-14-20)29-21-9-7-17(3)12-18(21)4/h5-14,16H,15H2,1-4H3,(H,26,28). The molecule has 2 heterocycles. The molecule has 0 aliphatic rings. The second kappa shape index (κ2) is 9.19. The number of hydrogen-bond acceptors (Lipinski definition) is 4. The van der Waals surface area contributed by atoms with Crippen molar-refractivity contribution in [3.8, 4) is 11.6 Å². The second-order valence-corrected chi connectivity index (χ2v) is 7.28. The van der Waals surface area contributed by atoms with Crippen LogP contribution in [0.3, 0.4) is 0 Å². The van der Waals surface area contributed by atoms with Crippen LogP contribution in [-0.2, 0) is 6.54 Å². The summed E-state index contributed by atoms with van der Waals surface area (Å²) in [6.45, 7) is 8.30. The van der Waals surface area contributed by atoms with E-state index in [1.807, 2.05) is 58.0 Å². The molecular formula is C23H26N4O2. The summed E-state index contributed by atoms with van der Waals surface area (Å²) in [6, 6.07) is 13.2. The van der Waals surface area contributed by atoms with Gasteiger partial charge in [-0.3, -0.25) is 9.88 Å². The van der Waals surface area contributed by atoms with E-state index in [-0.39, 0.29) is 12.1 Å². The molecule has 29 heavy (non-hydrogen) atoms. The summed E-state index contributed by atoms with van der Waals surface area (Å²) >= 11 is 0. The Morgan fingerprint density at radius 2 is 1.97 bits per heavy atom. The maximum Gasteiger partial charge on any atom is 0.322 e. The van der Waals surface area contributed by atoms with Gasteiger partial charge in [-0.25, -0.2) is 9.78 Å². The summed E-state index contributed by atoms with van der Waals surface area (Å²) in [6.07, 6.45) is 5.11. The van der Waals surface area contributed by atoms with Crippen molar-refractivity contribution in [1.82, 2.24) is 15.3 Å². The first kappa shape index (κ1) is 20.3. The largest absolute Gasteiger partial charge is 0.439 e. The quantitative estimate of drug-likeness (QED) is 0.642. The van der Waals surface area contributed by atoms with Crippen LogP contribution < -0.4 is 15.0 Å². The van der Waals surface area contributed by atoms with Gasteiger partial charge >= 0.3 is 6.03 Å². The number of carbonyl (C=O) groups excluding carboxylic acids is 1. The third kappa shape index (κ3) is 5.54. The van der Waals surface area contributed by atoms with Crippen LogP contribution in [0.1, 0.15) is 30.5 Å². The van der Waals surface area contributed by atoms with Crippen molar-refractivity contribution in [3.05, 3.63) is 77.7 Å². The van der Waals surface area contributed by atoms with Crippen molar-refractivity contribution < 1.29 is 9.53 Å². The smallest absolute Gasteiger partial charge is 0.322 e. The molecule has 2 amide bonds. The predicted molar refractivity (Wildman–Crippen MR) is 114 cm³/mol. The number of pyridine rings is 2. The van der Waals surface area contributed by atoms with Crippen LogP contribution in [0, 0.1) is 13.8 Å². The summed E-state index contributed by atoms with van der Waals surface area (Å²) in [7, 11) is 0. The normalized spacial score (nSPS) is 10.7. The Morgan fingerprint density at radius 3 is 2.59 bits per heavy atom. The van der Waals surface area contributed by atoms with Crippen LogP contribution >= 0.6 is 0 Å². The first-order valence-electron chi connectivity index (χ1n) is 9.60. The Bertz CT molecular complexity index is 956. The number of nitrogens with one attached hydrogen (secondary N) is 1. The molecule has 0 radical (unpaired) electrons. The molecular weight excluding hydrogens is 364 g/mol. The van der Waals surface area contributed by atoms with Gasteiger partial charge in [-0.1, -0.05) is 23.8 Å². The molecule has 1 aromatic carbocycles. The fourth-order valence-electron chi connectivity index (χ4n) is 2.90. The third-order valence-corrected chi connectivity index (χ3v) is 4.30. The van der Waals surface area contributed by atoms with Gasteiger partial charge < -0.3 is 10.1 Å². The highest BCUT2D eigenvalue weighted by atomic mass is 16.5. The predicted octanol–water partition coefficient (Wildman–Crippen LogP) is 5.01. The van der Waals surface area contributed by atoms with Crippen LogP contribution in [0.25, 0.3) is 0 Å². The summed E-state index contributed by atoms with van der Waals surface area (Å²) < 4.78 is 5.90. The molecule has 3 aromatic rings. The molecule has 0 aliphatic heterocycles. The molecule has 6 heteroatoms. The molecule has 1 N–H and O–H groups in total. The van der Waals surface area contributed by atoms with Gasteiger partial charge in [-0.15, -0.1) is 0 Å². The average molecular weight is 390 g/mol. The van der Waals surface area contributed by atoms with Crippen LogP contribution in [-0.4, -0.2) is 22.0 Å². The summed E-state index contributed by atoms with van der Waals surface area (Å²) in [5.74, 6) is 1.24. The lowest BCUT2D eigenvalue weighted by Gasteiger charge is -2.24. The topological polar surface area (TPSA) is 67.3 Å². The first-order chi connectivity index (χ1) is 13.9. The number of aromatic nitrogens is 2. The summed E-state index contributed by atoms with van der Waals surface area (Å²) in [5, 5.41) is 2.94. The number of urea groups is 1. The monoisotopic (exact) mass is 390 g/mol. The number of nitrogens with zero attached hydrogens (tertiary/aromatic N) is 3. The molecule has 0 fully saturated rings. The van der Waals surface area contributed by atoms with Gasteiger partial charge in [-0.2, -0.15) is 0 Å².